The molecular formula is C30H36ClNO5. The van der Waals surface area contributed by atoms with Crippen LogP contribution in [-0.4, -0.2) is 42.7 Å². The Hall–Kier alpha value is -3.22. The Labute approximate surface area is 224 Å². The number of halogens is 1. The zero-order valence-electron chi connectivity index (χ0n) is 22.2. The molecule has 0 aliphatic carbocycles. The molecule has 0 saturated heterocycles. The third-order valence-electron chi connectivity index (χ3n) is 6.19. The third-order valence-corrected chi connectivity index (χ3v) is 6.48. The predicted molar refractivity (Wildman–Crippen MR) is 150 cm³/mol. The molecule has 0 spiro atoms. The van der Waals surface area contributed by atoms with E-state index >= 15 is 0 Å². The second kappa shape index (κ2) is 12.3. The second-order valence-corrected chi connectivity index (χ2v) is 10.2. The van der Waals surface area contributed by atoms with Crippen LogP contribution in [0.4, 0.5) is 10.5 Å². The van der Waals surface area contributed by atoms with Crippen LogP contribution in [0.1, 0.15) is 46.6 Å². The highest BCUT2D eigenvalue weighted by Gasteiger charge is 2.25. The van der Waals surface area contributed by atoms with Gasteiger partial charge in [0, 0.05) is 31.7 Å². The second-order valence-electron chi connectivity index (χ2n) is 9.81. The topological polar surface area (TPSA) is 79.2 Å². The summed E-state index contributed by atoms with van der Waals surface area (Å²) in [6, 6.07) is 17.0. The Morgan fingerprint density at radius 2 is 1.59 bits per heavy atom. The number of hydrogen-bond donors (Lipinski definition) is 2. The minimum absolute atomic E-state index is 0.0523. The van der Waals surface area contributed by atoms with E-state index in [4.69, 9.17) is 26.2 Å². The number of nitrogens with zero attached hydrogens (tertiary/aromatic N) is 1. The summed E-state index contributed by atoms with van der Waals surface area (Å²) in [7, 11) is 0. The maximum Gasteiger partial charge on any atom is 0.511 e. The highest BCUT2D eigenvalue weighted by atomic mass is 35.5. The van der Waals surface area contributed by atoms with Crippen LogP contribution < -0.4 is 14.4 Å². The van der Waals surface area contributed by atoms with E-state index in [9.17, 15) is 9.90 Å². The molecule has 0 heterocycles. The van der Waals surface area contributed by atoms with Crippen LogP contribution in [0.3, 0.4) is 0 Å². The summed E-state index contributed by atoms with van der Waals surface area (Å²) in [5, 5.41) is 18.8. The minimum Gasteiger partial charge on any atom is -0.493 e. The van der Waals surface area contributed by atoms with Crippen molar-refractivity contribution < 1.29 is 24.5 Å². The summed E-state index contributed by atoms with van der Waals surface area (Å²) in [5.41, 5.74) is 5.73. The Morgan fingerprint density at radius 1 is 0.946 bits per heavy atom. The van der Waals surface area contributed by atoms with Gasteiger partial charge in [0.25, 0.3) is 0 Å². The van der Waals surface area contributed by atoms with Gasteiger partial charge in [0.1, 0.15) is 11.5 Å². The van der Waals surface area contributed by atoms with Crippen LogP contribution in [-0.2, 0) is 5.41 Å². The average molecular weight is 526 g/mol. The van der Waals surface area contributed by atoms with Crippen LogP contribution in [0.15, 0.2) is 54.6 Å². The molecule has 3 rings (SSSR count). The number of rotatable bonds is 10. The molecule has 198 valence electrons. The normalized spacial score (nSPS) is 11.3. The molecule has 37 heavy (non-hydrogen) atoms. The van der Waals surface area contributed by atoms with Gasteiger partial charge < -0.3 is 24.6 Å². The van der Waals surface area contributed by atoms with E-state index < -0.39 is 6.16 Å². The molecule has 3 aromatic carbocycles. The van der Waals surface area contributed by atoms with Gasteiger partial charge in [0.2, 0.25) is 0 Å². The molecule has 7 heteroatoms. The maximum atomic E-state index is 10.8. The van der Waals surface area contributed by atoms with Crippen molar-refractivity contribution in [2.45, 2.75) is 46.5 Å². The van der Waals surface area contributed by atoms with Gasteiger partial charge in [0.15, 0.2) is 0 Å². The molecule has 0 amide bonds. The summed E-state index contributed by atoms with van der Waals surface area (Å²) in [6.07, 6.45) is -0.819. The van der Waals surface area contributed by atoms with E-state index in [2.05, 4.69) is 51.7 Å². The van der Waals surface area contributed by atoms with Crippen molar-refractivity contribution in [1.29, 1.82) is 0 Å². The molecule has 0 bridgehead atoms. The van der Waals surface area contributed by atoms with Gasteiger partial charge in [-0.2, -0.15) is 0 Å². The van der Waals surface area contributed by atoms with Gasteiger partial charge in [0.05, 0.1) is 17.3 Å². The molecule has 3 aromatic rings. The van der Waals surface area contributed by atoms with Gasteiger partial charge in [-0.05, 0) is 77.9 Å². The van der Waals surface area contributed by atoms with Gasteiger partial charge >= 0.3 is 6.16 Å². The Bertz CT molecular complexity index is 1210. The third kappa shape index (κ3) is 6.96. The van der Waals surface area contributed by atoms with Gasteiger partial charge in [-0.25, -0.2) is 4.79 Å². The molecular weight excluding hydrogens is 490 g/mol. The fourth-order valence-electron chi connectivity index (χ4n) is 4.31. The molecule has 0 aliphatic rings. The van der Waals surface area contributed by atoms with Crippen molar-refractivity contribution >= 4 is 23.4 Å². The Morgan fingerprint density at radius 3 is 2.16 bits per heavy atom. The van der Waals surface area contributed by atoms with Gasteiger partial charge in [-0.1, -0.05) is 50.6 Å². The summed E-state index contributed by atoms with van der Waals surface area (Å²) in [5.74, 6) is 0.962. The van der Waals surface area contributed by atoms with Crippen molar-refractivity contribution in [2.75, 3.05) is 31.2 Å². The van der Waals surface area contributed by atoms with Gasteiger partial charge in [-0.3, -0.25) is 0 Å². The Balaban J connectivity index is 2.17. The van der Waals surface area contributed by atoms with Crippen LogP contribution in [0.25, 0.3) is 22.3 Å². The predicted octanol–water partition coefficient (Wildman–Crippen LogP) is 7.64. The van der Waals surface area contributed by atoms with E-state index in [0.29, 0.717) is 23.8 Å². The number of carbonyl (C=O) groups is 1. The monoisotopic (exact) mass is 525 g/mol. The lowest BCUT2D eigenvalue weighted by atomic mass is 9.83. The number of hydrogen-bond acceptors (Lipinski definition) is 5. The lowest BCUT2D eigenvalue weighted by molar-refractivity contribution is 0.144. The molecule has 0 unspecified atom stereocenters. The van der Waals surface area contributed by atoms with Crippen LogP contribution in [0, 0.1) is 0 Å². The van der Waals surface area contributed by atoms with Crippen molar-refractivity contribution in [1.82, 2.24) is 0 Å². The first-order valence-corrected chi connectivity index (χ1v) is 12.9. The summed E-state index contributed by atoms with van der Waals surface area (Å²) >= 11 is 6.96. The fraction of sp³-hybridized carbons (Fsp3) is 0.367. The highest BCUT2D eigenvalue weighted by Crippen LogP contribution is 2.43. The van der Waals surface area contributed by atoms with Crippen molar-refractivity contribution in [3.8, 4) is 33.8 Å². The molecule has 0 aromatic heterocycles. The maximum absolute atomic E-state index is 10.8. The summed E-state index contributed by atoms with van der Waals surface area (Å²) in [6.45, 7) is 13.0. The standard InChI is InChI=1S/C30H36ClNO5/c1-6-32(7-2)28-25(30(3,4)5)18-22(19-26(28)31)24-17-21(11-14-27(24)36-16-8-15-33)20-9-12-23(13-10-20)37-29(34)35/h9-14,17-19,33H,6-8,15-16H2,1-5H3,(H,34,35). The van der Waals surface area contributed by atoms with Crippen LogP contribution in [0.2, 0.25) is 5.02 Å². The number of ether oxygens (including phenoxy) is 2. The number of aliphatic hydroxyl groups is 1. The largest absolute Gasteiger partial charge is 0.511 e. The molecule has 0 atom stereocenters. The van der Waals surface area contributed by atoms with E-state index in [-0.39, 0.29) is 17.8 Å². The molecule has 6 nitrogen and oxygen atoms in total. The van der Waals surface area contributed by atoms with Gasteiger partial charge in [-0.15, -0.1) is 0 Å². The number of carboxylic acid groups (broad SMARTS) is 1. The minimum atomic E-state index is -1.35. The van der Waals surface area contributed by atoms with E-state index in [1.165, 1.54) is 0 Å². The zero-order chi connectivity index (χ0) is 27.2. The highest BCUT2D eigenvalue weighted by molar-refractivity contribution is 6.33. The van der Waals surface area contributed by atoms with E-state index in [0.717, 1.165) is 46.6 Å². The average Bonchev–Trinajstić information content (AvgIpc) is 2.85. The lowest BCUT2D eigenvalue weighted by Crippen LogP contribution is -2.26. The molecule has 2 N–H and O–H groups in total. The fourth-order valence-corrected chi connectivity index (χ4v) is 4.65. The number of aliphatic hydroxyl groups excluding tert-OH is 1. The van der Waals surface area contributed by atoms with Crippen molar-refractivity contribution in [3.05, 3.63) is 65.2 Å². The Kier molecular flexibility index (Phi) is 9.46. The first-order chi connectivity index (χ1) is 17.6. The molecule has 0 saturated carbocycles. The molecule has 0 radical (unpaired) electrons. The van der Waals surface area contributed by atoms with E-state index in [1.54, 1.807) is 12.1 Å². The smallest absolute Gasteiger partial charge is 0.493 e. The quantitative estimate of drug-likeness (QED) is 0.161. The van der Waals surface area contributed by atoms with Crippen molar-refractivity contribution in [3.63, 3.8) is 0 Å². The molecule has 0 fully saturated rings. The van der Waals surface area contributed by atoms with Crippen LogP contribution in [0.5, 0.6) is 11.5 Å². The SMILES string of the molecule is CCN(CC)c1c(Cl)cc(-c2cc(-c3ccc(OC(=O)O)cc3)ccc2OCCCO)cc1C(C)(C)C. The number of benzene rings is 3. The first kappa shape index (κ1) is 28.4. The first-order valence-electron chi connectivity index (χ1n) is 12.6. The lowest BCUT2D eigenvalue weighted by Gasteiger charge is -2.32. The summed E-state index contributed by atoms with van der Waals surface area (Å²) < 4.78 is 10.8. The van der Waals surface area contributed by atoms with Crippen LogP contribution >= 0.6 is 11.6 Å². The van der Waals surface area contributed by atoms with E-state index in [1.807, 2.05) is 30.3 Å². The number of anilines is 1. The summed E-state index contributed by atoms with van der Waals surface area (Å²) in [4.78, 5) is 13.1. The van der Waals surface area contributed by atoms with Crippen molar-refractivity contribution in [2.24, 2.45) is 0 Å². The molecule has 0 aliphatic heterocycles. The zero-order valence-corrected chi connectivity index (χ0v) is 22.9.